The maximum absolute atomic E-state index is 11.9. The highest BCUT2D eigenvalue weighted by molar-refractivity contribution is 7.89. The standard InChI is InChI=1S/C10H15N3O4S/c1-3-11-9-6-5-8(13(14)15)7-10(9)18(16,17)12-4-2/h5-7,11-12H,3-4H2,1-2H3. The molecule has 18 heavy (non-hydrogen) atoms. The summed E-state index contributed by atoms with van der Waals surface area (Å²) >= 11 is 0. The zero-order valence-electron chi connectivity index (χ0n) is 10.1. The summed E-state index contributed by atoms with van der Waals surface area (Å²) in [5, 5.41) is 13.5. The Labute approximate surface area is 105 Å². The molecule has 2 N–H and O–H groups in total. The predicted molar refractivity (Wildman–Crippen MR) is 68.1 cm³/mol. The number of nitrogens with one attached hydrogen (secondary N) is 2. The molecule has 100 valence electrons. The first-order valence-corrected chi connectivity index (χ1v) is 6.92. The molecule has 0 aliphatic heterocycles. The average molecular weight is 273 g/mol. The van der Waals surface area contributed by atoms with Gasteiger partial charge in [0, 0.05) is 25.2 Å². The van der Waals surface area contributed by atoms with Crippen LogP contribution in [0.4, 0.5) is 11.4 Å². The number of hydrogen-bond acceptors (Lipinski definition) is 5. The van der Waals surface area contributed by atoms with Gasteiger partial charge in [-0.3, -0.25) is 10.1 Å². The normalized spacial score (nSPS) is 11.2. The van der Waals surface area contributed by atoms with Gasteiger partial charge in [0.2, 0.25) is 10.0 Å². The molecule has 8 heteroatoms. The van der Waals surface area contributed by atoms with E-state index in [9.17, 15) is 18.5 Å². The molecule has 0 unspecified atom stereocenters. The zero-order chi connectivity index (χ0) is 13.8. The molecule has 7 nitrogen and oxygen atoms in total. The molecule has 0 spiro atoms. The minimum Gasteiger partial charge on any atom is -0.384 e. The Morgan fingerprint density at radius 1 is 1.28 bits per heavy atom. The third kappa shape index (κ3) is 3.17. The molecule has 0 saturated carbocycles. The molecule has 0 fully saturated rings. The number of nitro groups is 1. The van der Waals surface area contributed by atoms with E-state index in [1.165, 1.54) is 12.1 Å². The Bertz CT molecular complexity index is 542. The van der Waals surface area contributed by atoms with Crippen molar-refractivity contribution in [1.82, 2.24) is 4.72 Å². The third-order valence-corrected chi connectivity index (χ3v) is 3.75. The lowest BCUT2D eigenvalue weighted by Crippen LogP contribution is -2.24. The quantitative estimate of drug-likeness (QED) is 0.601. The predicted octanol–water partition coefficient (Wildman–Crippen LogP) is 1.32. The molecular formula is C10H15N3O4S. The van der Waals surface area contributed by atoms with E-state index < -0.39 is 14.9 Å². The monoisotopic (exact) mass is 273 g/mol. The minimum absolute atomic E-state index is 0.111. The Balaban J connectivity index is 3.36. The van der Waals surface area contributed by atoms with Crippen LogP contribution < -0.4 is 10.0 Å². The van der Waals surface area contributed by atoms with Crippen LogP contribution in [-0.2, 0) is 10.0 Å². The maximum atomic E-state index is 11.9. The van der Waals surface area contributed by atoms with Crippen molar-refractivity contribution in [3.8, 4) is 0 Å². The van der Waals surface area contributed by atoms with Crippen molar-refractivity contribution in [2.45, 2.75) is 18.7 Å². The lowest BCUT2D eigenvalue weighted by Gasteiger charge is -2.11. The number of non-ortho nitro benzene ring substituents is 1. The Morgan fingerprint density at radius 3 is 2.44 bits per heavy atom. The van der Waals surface area contributed by atoms with E-state index >= 15 is 0 Å². The van der Waals surface area contributed by atoms with E-state index in [2.05, 4.69) is 10.0 Å². The van der Waals surface area contributed by atoms with Crippen LogP contribution in [-0.4, -0.2) is 26.4 Å². The Kier molecular flexibility index (Phi) is 4.62. The van der Waals surface area contributed by atoms with Crippen LogP contribution in [0, 0.1) is 10.1 Å². The second kappa shape index (κ2) is 5.78. The van der Waals surface area contributed by atoms with Gasteiger partial charge in [0.15, 0.2) is 0 Å². The summed E-state index contributed by atoms with van der Waals surface area (Å²) < 4.78 is 26.2. The SMILES string of the molecule is CCNc1ccc([N+](=O)[O-])cc1S(=O)(=O)NCC. The summed E-state index contributed by atoms with van der Waals surface area (Å²) in [7, 11) is -3.74. The highest BCUT2D eigenvalue weighted by Crippen LogP contribution is 2.26. The van der Waals surface area contributed by atoms with Crippen LogP contribution >= 0.6 is 0 Å². The summed E-state index contributed by atoms with van der Waals surface area (Å²) in [5.41, 5.74) is 0.0946. The molecule has 0 aliphatic carbocycles. The molecule has 1 aromatic rings. The van der Waals surface area contributed by atoms with E-state index in [-0.39, 0.29) is 17.1 Å². The fourth-order valence-corrected chi connectivity index (χ4v) is 2.69. The van der Waals surface area contributed by atoms with Crippen molar-refractivity contribution >= 4 is 21.4 Å². The van der Waals surface area contributed by atoms with Crippen molar-refractivity contribution in [3.63, 3.8) is 0 Å². The first-order valence-electron chi connectivity index (χ1n) is 5.44. The number of sulfonamides is 1. The smallest absolute Gasteiger partial charge is 0.270 e. The van der Waals surface area contributed by atoms with Gasteiger partial charge in [-0.1, -0.05) is 6.92 Å². The fourth-order valence-electron chi connectivity index (χ4n) is 1.45. The number of nitro benzene ring substituents is 1. The van der Waals surface area contributed by atoms with Gasteiger partial charge in [-0.25, -0.2) is 13.1 Å². The molecule has 0 bridgehead atoms. The number of nitrogens with zero attached hydrogens (tertiary/aromatic N) is 1. The number of benzene rings is 1. The van der Waals surface area contributed by atoms with E-state index in [4.69, 9.17) is 0 Å². The van der Waals surface area contributed by atoms with Gasteiger partial charge >= 0.3 is 0 Å². The second-order valence-electron chi connectivity index (χ2n) is 3.47. The zero-order valence-corrected chi connectivity index (χ0v) is 11.0. The van der Waals surface area contributed by atoms with Crippen LogP contribution in [0.5, 0.6) is 0 Å². The largest absolute Gasteiger partial charge is 0.384 e. The van der Waals surface area contributed by atoms with E-state index in [0.717, 1.165) is 6.07 Å². The van der Waals surface area contributed by atoms with Gasteiger partial charge in [0.05, 0.1) is 10.6 Å². The van der Waals surface area contributed by atoms with Crippen LogP contribution in [0.1, 0.15) is 13.8 Å². The molecule has 0 atom stereocenters. The molecule has 1 rings (SSSR count). The molecule has 1 aromatic carbocycles. The van der Waals surface area contributed by atoms with Crippen molar-refractivity contribution in [2.24, 2.45) is 0 Å². The molecule has 0 amide bonds. The van der Waals surface area contributed by atoms with E-state index in [1.54, 1.807) is 6.92 Å². The van der Waals surface area contributed by atoms with Crippen LogP contribution in [0.15, 0.2) is 23.1 Å². The molecule has 0 aliphatic rings. The Hall–Kier alpha value is -1.67. The van der Waals surface area contributed by atoms with Crippen LogP contribution in [0.2, 0.25) is 0 Å². The van der Waals surface area contributed by atoms with Crippen LogP contribution in [0.25, 0.3) is 0 Å². The van der Waals surface area contributed by atoms with E-state index in [1.807, 2.05) is 6.92 Å². The van der Waals surface area contributed by atoms with Gasteiger partial charge in [-0.05, 0) is 13.0 Å². The minimum atomic E-state index is -3.74. The molecule has 0 aromatic heterocycles. The lowest BCUT2D eigenvalue weighted by molar-refractivity contribution is -0.385. The fraction of sp³-hybridized carbons (Fsp3) is 0.400. The van der Waals surface area contributed by atoms with Crippen LogP contribution in [0.3, 0.4) is 0 Å². The molecular weight excluding hydrogens is 258 g/mol. The third-order valence-electron chi connectivity index (χ3n) is 2.17. The van der Waals surface area contributed by atoms with Crippen molar-refractivity contribution in [1.29, 1.82) is 0 Å². The van der Waals surface area contributed by atoms with Gasteiger partial charge in [-0.2, -0.15) is 0 Å². The molecule has 0 radical (unpaired) electrons. The van der Waals surface area contributed by atoms with E-state index in [0.29, 0.717) is 12.2 Å². The summed E-state index contributed by atoms with van der Waals surface area (Å²) in [6.07, 6.45) is 0. The van der Waals surface area contributed by atoms with Gasteiger partial charge in [0.25, 0.3) is 5.69 Å². The molecule has 0 heterocycles. The van der Waals surface area contributed by atoms with Crippen molar-refractivity contribution in [2.75, 3.05) is 18.4 Å². The summed E-state index contributed by atoms with van der Waals surface area (Å²) in [4.78, 5) is 9.94. The summed E-state index contributed by atoms with van der Waals surface area (Å²) in [6, 6.07) is 3.71. The second-order valence-corrected chi connectivity index (χ2v) is 5.20. The molecule has 0 saturated heterocycles. The Morgan fingerprint density at radius 2 is 1.94 bits per heavy atom. The lowest BCUT2D eigenvalue weighted by atomic mass is 10.3. The van der Waals surface area contributed by atoms with Crippen molar-refractivity contribution < 1.29 is 13.3 Å². The summed E-state index contributed by atoms with van der Waals surface area (Å²) in [6.45, 7) is 4.19. The maximum Gasteiger partial charge on any atom is 0.270 e. The first kappa shape index (κ1) is 14.4. The number of rotatable bonds is 6. The summed E-state index contributed by atoms with van der Waals surface area (Å²) in [5.74, 6) is 0. The van der Waals surface area contributed by atoms with Crippen molar-refractivity contribution in [3.05, 3.63) is 28.3 Å². The van der Waals surface area contributed by atoms with Gasteiger partial charge in [0.1, 0.15) is 4.90 Å². The van der Waals surface area contributed by atoms with Gasteiger partial charge in [-0.15, -0.1) is 0 Å². The highest BCUT2D eigenvalue weighted by Gasteiger charge is 2.21. The first-order chi connectivity index (χ1) is 8.42. The topological polar surface area (TPSA) is 101 Å². The number of anilines is 1. The van der Waals surface area contributed by atoms with Gasteiger partial charge < -0.3 is 5.32 Å². The highest BCUT2D eigenvalue weighted by atomic mass is 32.2. The average Bonchev–Trinajstić information content (AvgIpc) is 2.29. The number of hydrogen-bond donors (Lipinski definition) is 2.